The van der Waals surface area contributed by atoms with E-state index < -0.39 is 6.17 Å². The van der Waals surface area contributed by atoms with Crippen molar-refractivity contribution in [1.82, 2.24) is 0 Å². The van der Waals surface area contributed by atoms with Crippen molar-refractivity contribution in [1.29, 1.82) is 0 Å². The van der Waals surface area contributed by atoms with Crippen LogP contribution in [-0.4, -0.2) is 12.0 Å². The Morgan fingerprint density at radius 1 is 1.00 bits per heavy atom. The Bertz CT molecular complexity index is 460. The van der Waals surface area contributed by atoms with Crippen molar-refractivity contribution < 1.29 is 9.18 Å². The predicted octanol–water partition coefficient (Wildman–Crippen LogP) is 4.94. The fraction of sp³-hybridized carbons (Fsp3) is 0.947. The van der Waals surface area contributed by atoms with E-state index in [9.17, 15) is 9.18 Å². The minimum atomic E-state index is -0.554. The van der Waals surface area contributed by atoms with Gasteiger partial charge in [-0.3, -0.25) is 4.79 Å². The summed E-state index contributed by atoms with van der Waals surface area (Å²) in [5.41, 5.74) is 0.347. The molecule has 4 aliphatic rings. The molecule has 0 N–H and O–H groups in total. The first-order valence-corrected chi connectivity index (χ1v) is 9.12. The van der Waals surface area contributed by atoms with Gasteiger partial charge in [0.15, 0.2) is 0 Å². The van der Waals surface area contributed by atoms with Gasteiger partial charge in [-0.1, -0.05) is 13.8 Å². The summed E-state index contributed by atoms with van der Waals surface area (Å²) >= 11 is 0. The van der Waals surface area contributed by atoms with Crippen LogP contribution < -0.4 is 0 Å². The highest BCUT2D eigenvalue weighted by atomic mass is 19.1. The van der Waals surface area contributed by atoms with Gasteiger partial charge in [-0.25, -0.2) is 4.39 Å². The zero-order valence-corrected chi connectivity index (χ0v) is 13.5. The van der Waals surface area contributed by atoms with Crippen LogP contribution in [0.3, 0.4) is 0 Å². The smallest absolute Gasteiger partial charge is 0.139 e. The van der Waals surface area contributed by atoms with Gasteiger partial charge in [0.2, 0.25) is 0 Å². The van der Waals surface area contributed by atoms with E-state index in [2.05, 4.69) is 13.8 Å². The zero-order chi connectivity index (χ0) is 14.8. The van der Waals surface area contributed by atoms with Gasteiger partial charge >= 0.3 is 0 Å². The Kier molecular flexibility index (Phi) is 3.08. The lowest BCUT2D eigenvalue weighted by atomic mass is 9.45. The number of carbonyl (C=O) groups excluding carboxylic acids is 1. The second-order valence-electron chi connectivity index (χ2n) is 8.95. The Labute approximate surface area is 128 Å². The SMILES string of the molecule is C[C@]12CC[C@@H](F)C[C@@H]1CC[C@H]1[C@H]2CC[C@]2(C)C(=O)CC[C@H]12. The highest BCUT2D eigenvalue weighted by Crippen LogP contribution is 2.65. The highest BCUT2D eigenvalue weighted by Gasteiger charge is 2.60. The summed E-state index contributed by atoms with van der Waals surface area (Å²) in [6.45, 7) is 4.70. The Balaban J connectivity index is 1.64. The molecule has 0 amide bonds. The minimum Gasteiger partial charge on any atom is -0.299 e. The third-order valence-corrected chi connectivity index (χ3v) is 8.31. The van der Waals surface area contributed by atoms with Crippen LogP contribution >= 0.6 is 0 Å². The summed E-state index contributed by atoms with van der Waals surface area (Å²) in [4.78, 5) is 12.4. The molecule has 118 valence electrons. The summed E-state index contributed by atoms with van der Waals surface area (Å²) in [7, 11) is 0. The van der Waals surface area contributed by atoms with Crippen molar-refractivity contribution in [3.8, 4) is 0 Å². The van der Waals surface area contributed by atoms with E-state index in [1.807, 2.05) is 0 Å². The fourth-order valence-corrected chi connectivity index (χ4v) is 6.98. The van der Waals surface area contributed by atoms with Gasteiger partial charge < -0.3 is 0 Å². The van der Waals surface area contributed by atoms with Crippen LogP contribution in [0.5, 0.6) is 0 Å². The molecule has 0 saturated heterocycles. The number of Topliss-reactive ketones (excluding diaryl/α,β-unsaturated/α-hetero) is 1. The summed E-state index contributed by atoms with van der Waals surface area (Å²) in [6.07, 6.45) is 8.83. The number of rotatable bonds is 0. The number of carbonyl (C=O) groups is 1. The molecule has 0 unspecified atom stereocenters. The van der Waals surface area contributed by atoms with Gasteiger partial charge in [0.1, 0.15) is 12.0 Å². The van der Waals surface area contributed by atoms with Crippen LogP contribution in [0, 0.1) is 34.5 Å². The summed E-state index contributed by atoms with van der Waals surface area (Å²) in [6, 6.07) is 0. The number of fused-ring (bicyclic) bond motifs is 5. The minimum absolute atomic E-state index is 0.0122. The molecule has 0 heterocycles. The Morgan fingerprint density at radius 3 is 2.62 bits per heavy atom. The predicted molar refractivity (Wildman–Crippen MR) is 81.6 cm³/mol. The van der Waals surface area contributed by atoms with E-state index in [-0.39, 0.29) is 5.41 Å². The van der Waals surface area contributed by atoms with Gasteiger partial charge in [-0.2, -0.15) is 0 Å². The largest absolute Gasteiger partial charge is 0.299 e. The lowest BCUT2D eigenvalue weighted by Crippen LogP contribution is -2.53. The molecule has 0 bridgehead atoms. The van der Waals surface area contributed by atoms with E-state index in [4.69, 9.17) is 0 Å². The van der Waals surface area contributed by atoms with Crippen LogP contribution in [0.15, 0.2) is 0 Å². The van der Waals surface area contributed by atoms with E-state index >= 15 is 0 Å². The van der Waals surface area contributed by atoms with Crippen molar-refractivity contribution in [3.05, 3.63) is 0 Å². The molecule has 4 fully saturated rings. The fourth-order valence-electron chi connectivity index (χ4n) is 6.98. The van der Waals surface area contributed by atoms with Crippen LogP contribution in [0.2, 0.25) is 0 Å². The average Bonchev–Trinajstić information content (AvgIpc) is 2.76. The van der Waals surface area contributed by atoms with Crippen molar-refractivity contribution in [2.45, 2.75) is 77.8 Å². The Morgan fingerprint density at radius 2 is 1.81 bits per heavy atom. The highest BCUT2D eigenvalue weighted by molar-refractivity contribution is 5.87. The van der Waals surface area contributed by atoms with E-state index in [0.29, 0.717) is 23.0 Å². The molecule has 1 nitrogen and oxygen atoms in total. The molecular weight excluding hydrogens is 263 g/mol. The number of hydrogen-bond acceptors (Lipinski definition) is 1. The molecule has 4 rings (SSSR count). The molecule has 0 spiro atoms. The third-order valence-electron chi connectivity index (χ3n) is 8.31. The number of hydrogen-bond donors (Lipinski definition) is 0. The number of ketones is 1. The first-order chi connectivity index (χ1) is 9.95. The molecule has 0 aromatic heterocycles. The van der Waals surface area contributed by atoms with Gasteiger partial charge in [0.05, 0.1) is 0 Å². The second-order valence-corrected chi connectivity index (χ2v) is 8.95. The quantitative estimate of drug-likeness (QED) is 0.618. The lowest BCUT2D eigenvalue weighted by molar-refractivity contribution is -0.140. The molecule has 7 atom stereocenters. The summed E-state index contributed by atoms with van der Waals surface area (Å²) < 4.78 is 13.8. The van der Waals surface area contributed by atoms with Gasteiger partial charge in [0.25, 0.3) is 0 Å². The molecule has 2 heteroatoms. The molecule has 4 saturated carbocycles. The van der Waals surface area contributed by atoms with E-state index in [1.54, 1.807) is 0 Å². The molecular formula is C19H29FO. The monoisotopic (exact) mass is 292 g/mol. The maximum atomic E-state index is 13.8. The van der Waals surface area contributed by atoms with Crippen molar-refractivity contribution >= 4 is 5.78 Å². The molecule has 0 aliphatic heterocycles. The van der Waals surface area contributed by atoms with Crippen LogP contribution in [0.4, 0.5) is 4.39 Å². The maximum Gasteiger partial charge on any atom is 0.139 e. The normalized spacial score (nSPS) is 56.5. The topological polar surface area (TPSA) is 17.1 Å². The molecule has 21 heavy (non-hydrogen) atoms. The van der Waals surface area contributed by atoms with Crippen LogP contribution in [0.1, 0.15) is 71.6 Å². The third kappa shape index (κ3) is 1.83. The summed E-state index contributed by atoms with van der Waals surface area (Å²) in [5, 5.41) is 0. The summed E-state index contributed by atoms with van der Waals surface area (Å²) in [5.74, 6) is 3.26. The van der Waals surface area contributed by atoms with Gasteiger partial charge in [-0.15, -0.1) is 0 Å². The van der Waals surface area contributed by atoms with Crippen molar-refractivity contribution in [2.75, 3.05) is 0 Å². The van der Waals surface area contributed by atoms with Crippen LogP contribution in [-0.2, 0) is 4.79 Å². The molecule has 0 aromatic rings. The van der Waals surface area contributed by atoms with Crippen molar-refractivity contribution in [3.63, 3.8) is 0 Å². The molecule has 0 aromatic carbocycles. The Hall–Kier alpha value is -0.400. The maximum absolute atomic E-state index is 13.8. The average molecular weight is 292 g/mol. The van der Waals surface area contributed by atoms with Gasteiger partial charge in [-0.05, 0) is 80.5 Å². The van der Waals surface area contributed by atoms with Gasteiger partial charge in [0, 0.05) is 11.8 Å². The van der Waals surface area contributed by atoms with E-state index in [1.165, 1.54) is 19.3 Å². The first kappa shape index (κ1) is 14.2. The van der Waals surface area contributed by atoms with E-state index in [0.717, 1.165) is 50.4 Å². The standard InChI is InChI=1S/C19H29FO/c1-18-9-7-13(20)11-12(18)3-4-14-15-5-6-17(21)19(15,2)10-8-16(14)18/h12-16H,3-11H2,1-2H3/t12-,13+,14+,15+,16+,18-,19-/m0/s1. The number of alkyl halides is 1. The molecule has 0 radical (unpaired) electrons. The molecule has 4 aliphatic carbocycles. The van der Waals surface area contributed by atoms with Crippen LogP contribution in [0.25, 0.3) is 0 Å². The number of halogens is 1. The van der Waals surface area contributed by atoms with Crippen molar-refractivity contribution in [2.24, 2.45) is 34.5 Å². The second kappa shape index (κ2) is 4.55. The lowest BCUT2D eigenvalue weighted by Gasteiger charge is -2.59. The zero-order valence-electron chi connectivity index (χ0n) is 13.5. The first-order valence-electron chi connectivity index (χ1n) is 9.12.